The maximum atomic E-state index is 12.0. The van der Waals surface area contributed by atoms with Crippen LogP contribution in [-0.4, -0.2) is 25.4 Å². The van der Waals surface area contributed by atoms with Gasteiger partial charge in [0.25, 0.3) is 16.0 Å². The third-order valence-corrected chi connectivity index (χ3v) is 3.73. The summed E-state index contributed by atoms with van der Waals surface area (Å²) in [6.45, 7) is 1.87. The zero-order valence-electron chi connectivity index (χ0n) is 8.49. The van der Waals surface area contributed by atoms with Crippen molar-refractivity contribution in [1.82, 2.24) is 4.22 Å². The second-order valence-electron chi connectivity index (χ2n) is 3.34. The van der Waals surface area contributed by atoms with E-state index in [1.165, 1.54) is 12.1 Å². The number of aliphatic hydroxyl groups is 1. The Kier molecular flexibility index (Phi) is 2.55. The van der Waals surface area contributed by atoms with E-state index in [2.05, 4.69) is 4.65 Å². The normalized spacial score (nSPS) is 15.3. The number of sulfonamides is 1. The topological polar surface area (TPSA) is 66.8 Å². The van der Waals surface area contributed by atoms with Crippen LogP contribution < -0.4 is 0 Å². The van der Waals surface area contributed by atoms with Crippen molar-refractivity contribution in [3.63, 3.8) is 0 Å². The van der Waals surface area contributed by atoms with E-state index in [1.807, 2.05) is 6.92 Å². The fourth-order valence-electron chi connectivity index (χ4n) is 1.23. The quantitative estimate of drug-likeness (QED) is 0.777. The van der Waals surface area contributed by atoms with E-state index in [1.54, 1.807) is 12.1 Å². The fourth-order valence-corrected chi connectivity index (χ4v) is 2.34. The molecule has 0 unspecified atom stereocenters. The zero-order chi connectivity index (χ0) is 11.8. The molecule has 16 heavy (non-hydrogen) atoms. The maximum absolute atomic E-state index is 12.0. The van der Waals surface area contributed by atoms with Crippen LogP contribution in [0, 0.1) is 6.92 Å². The molecule has 0 saturated carbocycles. The Morgan fingerprint density at radius 3 is 2.44 bits per heavy atom. The van der Waals surface area contributed by atoms with Gasteiger partial charge in [-0.2, -0.15) is 0 Å². The summed E-state index contributed by atoms with van der Waals surface area (Å²) in [6, 6.07) is 6.41. The number of hydrogen-bond acceptors (Lipinski definition) is 4. The van der Waals surface area contributed by atoms with Crippen molar-refractivity contribution in [3.05, 3.63) is 42.0 Å². The Labute approximate surface area is 94.3 Å². The Bertz CT molecular complexity index is 523. The third kappa shape index (κ3) is 1.86. The molecule has 0 spiro atoms. The third-order valence-electron chi connectivity index (χ3n) is 2.11. The van der Waals surface area contributed by atoms with Crippen LogP contribution in [0.5, 0.6) is 0 Å². The highest BCUT2D eigenvalue weighted by molar-refractivity contribution is 7.90. The average Bonchev–Trinajstić information content (AvgIpc) is 2.66. The highest BCUT2D eigenvalue weighted by Crippen LogP contribution is 2.19. The Balaban J connectivity index is 2.36. The molecule has 1 aliphatic rings. The average molecular weight is 238 g/mol. The van der Waals surface area contributed by atoms with Gasteiger partial charge < -0.3 is 9.76 Å². The molecule has 0 atom stereocenters. The molecule has 5 nitrogen and oxygen atoms in total. The van der Waals surface area contributed by atoms with Gasteiger partial charge >= 0.3 is 7.62 Å². The van der Waals surface area contributed by atoms with Gasteiger partial charge in [0.1, 0.15) is 0 Å². The van der Waals surface area contributed by atoms with E-state index in [9.17, 15) is 8.42 Å². The first-order valence-electron chi connectivity index (χ1n) is 4.51. The maximum Gasteiger partial charge on any atom is 0.538 e. The van der Waals surface area contributed by atoms with E-state index in [0.717, 1.165) is 23.6 Å². The molecule has 0 aliphatic carbocycles. The summed E-state index contributed by atoms with van der Waals surface area (Å²) in [5.41, 5.74) is 0.971. The van der Waals surface area contributed by atoms with Crippen LogP contribution >= 0.6 is 0 Å². The molecule has 0 fully saturated rings. The number of rotatable bonds is 2. The first-order chi connectivity index (χ1) is 7.50. The van der Waals surface area contributed by atoms with Gasteiger partial charge in [-0.05, 0) is 19.1 Å². The van der Waals surface area contributed by atoms with Crippen molar-refractivity contribution in [1.29, 1.82) is 0 Å². The summed E-state index contributed by atoms with van der Waals surface area (Å²) in [4.78, 5) is 0.143. The van der Waals surface area contributed by atoms with Crippen LogP contribution in [0.25, 0.3) is 0 Å². The summed E-state index contributed by atoms with van der Waals surface area (Å²) in [5.74, 6) is -0.448. The predicted octanol–water partition coefficient (Wildman–Crippen LogP) is 0.907. The minimum absolute atomic E-state index is 0.143. The Morgan fingerprint density at radius 1 is 1.31 bits per heavy atom. The molecule has 0 saturated heterocycles. The first-order valence-corrected chi connectivity index (χ1v) is 5.95. The van der Waals surface area contributed by atoms with Crippen molar-refractivity contribution in [3.8, 4) is 0 Å². The second-order valence-corrected chi connectivity index (χ2v) is 5.18. The molecule has 7 heteroatoms. The van der Waals surface area contributed by atoms with Gasteiger partial charge in [0.05, 0.1) is 11.1 Å². The van der Waals surface area contributed by atoms with Crippen LogP contribution in [0.2, 0.25) is 0 Å². The van der Waals surface area contributed by atoms with Crippen molar-refractivity contribution in [2.24, 2.45) is 0 Å². The number of benzene rings is 1. The molecule has 2 rings (SSSR count). The van der Waals surface area contributed by atoms with Gasteiger partial charge in [0, 0.05) is 0 Å². The predicted molar refractivity (Wildman–Crippen MR) is 57.8 cm³/mol. The number of hydrogen-bond donors (Lipinski definition) is 1. The summed E-state index contributed by atoms with van der Waals surface area (Å²) in [7, 11) is -2.74. The summed E-state index contributed by atoms with van der Waals surface area (Å²) in [5, 5.41) is 8.96. The molecule has 1 aromatic carbocycles. The number of nitrogens with zero attached hydrogens (tertiary/aromatic N) is 1. The van der Waals surface area contributed by atoms with E-state index < -0.39 is 16.0 Å². The molecule has 0 amide bonds. The minimum Gasteiger partial charge on any atom is -0.515 e. The molecule has 83 valence electrons. The van der Waals surface area contributed by atoms with Crippen LogP contribution in [0.15, 0.2) is 41.3 Å². The smallest absolute Gasteiger partial charge is 0.515 e. The van der Waals surface area contributed by atoms with Crippen LogP contribution in [-0.2, 0) is 14.7 Å². The molecule has 1 radical (unpaired) electrons. The van der Waals surface area contributed by atoms with Crippen molar-refractivity contribution >= 4 is 17.6 Å². The second kappa shape index (κ2) is 3.75. The number of aryl methyl sites for hydroxylation is 1. The van der Waals surface area contributed by atoms with E-state index in [-0.39, 0.29) is 4.90 Å². The van der Waals surface area contributed by atoms with Crippen LogP contribution in [0.3, 0.4) is 0 Å². The van der Waals surface area contributed by atoms with E-state index >= 15 is 0 Å². The highest BCUT2D eigenvalue weighted by atomic mass is 32.2. The zero-order valence-corrected chi connectivity index (χ0v) is 9.31. The molecular formula is C9H9BNO4S. The summed E-state index contributed by atoms with van der Waals surface area (Å²) >= 11 is 0. The largest absolute Gasteiger partial charge is 0.538 e. The van der Waals surface area contributed by atoms with Crippen molar-refractivity contribution < 1.29 is 18.2 Å². The first kappa shape index (κ1) is 10.9. The lowest BCUT2D eigenvalue weighted by Crippen LogP contribution is -2.27. The summed E-state index contributed by atoms with van der Waals surface area (Å²) < 4.78 is 29.3. The molecule has 1 N–H and O–H groups in total. The van der Waals surface area contributed by atoms with E-state index in [0.29, 0.717) is 0 Å². The van der Waals surface area contributed by atoms with Gasteiger partial charge in [-0.15, -0.1) is 0 Å². The molecule has 0 bridgehead atoms. The molecule has 0 aromatic heterocycles. The molecular weight excluding hydrogens is 229 g/mol. The van der Waals surface area contributed by atoms with Gasteiger partial charge in [0.15, 0.2) is 0 Å². The molecule has 1 aromatic rings. The SMILES string of the molecule is Cc1ccc(S(=O)(=O)N2[B]OC(O)=C2)cc1. The Morgan fingerprint density at radius 2 is 1.94 bits per heavy atom. The van der Waals surface area contributed by atoms with Gasteiger partial charge in [-0.3, -0.25) is 4.22 Å². The van der Waals surface area contributed by atoms with Gasteiger partial charge in [-0.25, -0.2) is 8.42 Å². The monoisotopic (exact) mass is 238 g/mol. The lowest BCUT2D eigenvalue weighted by molar-refractivity contribution is 0.224. The molecule has 1 heterocycles. The standard InChI is InChI=1S/C9H9BNO4S/c1-7-2-4-8(5-3-7)16(13,14)11-6-9(12)15-10-11/h2-6,12H,1H3. The van der Waals surface area contributed by atoms with Gasteiger partial charge in [0.2, 0.25) is 0 Å². The minimum atomic E-state index is -3.67. The van der Waals surface area contributed by atoms with Crippen molar-refractivity contribution in [2.45, 2.75) is 11.8 Å². The summed E-state index contributed by atoms with van der Waals surface area (Å²) in [6.07, 6.45) is 0.995. The lowest BCUT2D eigenvalue weighted by atomic mass is 10.2. The lowest BCUT2D eigenvalue weighted by Gasteiger charge is -2.12. The van der Waals surface area contributed by atoms with Gasteiger partial charge in [-0.1, -0.05) is 17.7 Å². The Hall–Kier alpha value is -1.63. The molecule has 1 aliphatic heterocycles. The number of aliphatic hydroxyl groups excluding tert-OH is 1. The van der Waals surface area contributed by atoms with Crippen LogP contribution in [0.4, 0.5) is 0 Å². The fraction of sp³-hybridized carbons (Fsp3) is 0.111. The van der Waals surface area contributed by atoms with Crippen molar-refractivity contribution in [2.75, 3.05) is 0 Å². The highest BCUT2D eigenvalue weighted by Gasteiger charge is 2.29. The van der Waals surface area contributed by atoms with Crippen LogP contribution in [0.1, 0.15) is 5.56 Å². The van der Waals surface area contributed by atoms with E-state index in [4.69, 9.17) is 5.11 Å².